The van der Waals surface area contributed by atoms with Gasteiger partial charge in [0.05, 0.1) is 0 Å². The van der Waals surface area contributed by atoms with Crippen LogP contribution in [-0.2, 0) is 11.3 Å². The van der Waals surface area contributed by atoms with Gasteiger partial charge in [0.2, 0.25) is 5.91 Å². The lowest BCUT2D eigenvalue weighted by Crippen LogP contribution is -2.46. The minimum absolute atomic E-state index is 0.157. The van der Waals surface area contributed by atoms with E-state index >= 15 is 0 Å². The summed E-state index contributed by atoms with van der Waals surface area (Å²) in [5.74, 6) is -0.326. The van der Waals surface area contributed by atoms with Crippen LogP contribution in [0.1, 0.15) is 12.5 Å². The Hall–Kier alpha value is -2.87. The molecule has 0 spiro atoms. The van der Waals surface area contributed by atoms with Crippen LogP contribution in [0.15, 0.2) is 40.1 Å². The second-order valence-corrected chi connectivity index (χ2v) is 6.71. The monoisotopic (exact) mass is 371 g/mol. The first-order chi connectivity index (χ1) is 13.0. The predicted octanol–water partition coefficient (Wildman–Crippen LogP) is 0.626. The minimum Gasteiger partial charge on any atom is -0.369 e. The van der Waals surface area contributed by atoms with E-state index in [0.717, 1.165) is 42.9 Å². The molecule has 0 radical (unpaired) electrons. The lowest BCUT2D eigenvalue weighted by Gasteiger charge is -2.36. The maximum Gasteiger partial charge on any atom is 0.328 e. The first kappa shape index (κ1) is 18.9. The standard InChI is InChI=1S/C19H25N5O3/c1-3-22-8-10-23(11-9-22)16-5-4-15(12-14(16)2)20-18(26)13-24-7-6-17(25)21-19(24)27/h4-7,12H,3,8-11,13H2,1-2H3,(H,20,26)(H,21,25,27). The van der Waals surface area contributed by atoms with E-state index in [1.807, 2.05) is 25.1 Å². The van der Waals surface area contributed by atoms with E-state index in [4.69, 9.17) is 0 Å². The zero-order valence-electron chi connectivity index (χ0n) is 15.7. The fourth-order valence-electron chi connectivity index (χ4n) is 3.32. The molecule has 1 amide bonds. The van der Waals surface area contributed by atoms with E-state index in [9.17, 15) is 14.4 Å². The molecule has 27 heavy (non-hydrogen) atoms. The summed E-state index contributed by atoms with van der Waals surface area (Å²) in [5.41, 5.74) is 1.88. The second-order valence-electron chi connectivity index (χ2n) is 6.71. The molecule has 0 atom stereocenters. The van der Waals surface area contributed by atoms with Gasteiger partial charge in [0.15, 0.2) is 0 Å². The van der Waals surface area contributed by atoms with Crippen molar-refractivity contribution in [1.29, 1.82) is 0 Å². The van der Waals surface area contributed by atoms with Crippen LogP contribution in [0.3, 0.4) is 0 Å². The number of aromatic amines is 1. The summed E-state index contributed by atoms with van der Waals surface area (Å²) < 4.78 is 1.16. The van der Waals surface area contributed by atoms with Crippen LogP contribution in [-0.4, -0.2) is 53.1 Å². The molecule has 0 saturated carbocycles. The van der Waals surface area contributed by atoms with Crippen molar-refractivity contribution in [2.45, 2.75) is 20.4 Å². The highest BCUT2D eigenvalue weighted by Gasteiger charge is 2.17. The molecule has 8 nitrogen and oxygen atoms in total. The smallest absolute Gasteiger partial charge is 0.328 e. The highest BCUT2D eigenvalue weighted by atomic mass is 16.2. The summed E-state index contributed by atoms with van der Waals surface area (Å²) in [4.78, 5) is 41.9. The molecule has 1 aromatic heterocycles. The van der Waals surface area contributed by atoms with Gasteiger partial charge >= 0.3 is 5.69 Å². The first-order valence-electron chi connectivity index (χ1n) is 9.14. The molecule has 144 valence electrons. The molecule has 1 aliphatic heterocycles. The van der Waals surface area contributed by atoms with Crippen LogP contribution in [0.25, 0.3) is 0 Å². The Kier molecular flexibility index (Phi) is 5.75. The number of rotatable bonds is 5. The van der Waals surface area contributed by atoms with Crippen molar-refractivity contribution < 1.29 is 4.79 Å². The number of carbonyl (C=O) groups is 1. The first-order valence-corrected chi connectivity index (χ1v) is 9.14. The van der Waals surface area contributed by atoms with E-state index in [-0.39, 0.29) is 12.5 Å². The van der Waals surface area contributed by atoms with Gasteiger partial charge in [-0.3, -0.25) is 19.1 Å². The molecule has 0 bridgehead atoms. The molecule has 1 aromatic carbocycles. The summed E-state index contributed by atoms with van der Waals surface area (Å²) in [6.07, 6.45) is 1.31. The SMILES string of the molecule is CCN1CCN(c2ccc(NC(=O)Cn3ccc(=O)[nH]c3=O)cc2C)CC1. The van der Waals surface area contributed by atoms with Gasteiger partial charge < -0.3 is 15.1 Å². The Morgan fingerprint density at radius 2 is 1.89 bits per heavy atom. The van der Waals surface area contributed by atoms with Crippen molar-refractivity contribution in [2.24, 2.45) is 0 Å². The van der Waals surface area contributed by atoms with E-state index in [0.29, 0.717) is 5.69 Å². The number of piperazine rings is 1. The average Bonchev–Trinajstić information content (AvgIpc) is 2.64. The van der Waals surface area contributed by atoms with Crippen molar-refractivity contribution in [3.8, 4) is 0 Å². The number of H-pyrrole nitrogens is 1. The largest absolute Gasteiger partial charge is 0.369 e. The molecule has 2 aromatic rings. The number of nitrogens with one attached hydrogen (secondary N) is 2. The Morgan fingerprint density at radius 3 is 2.52 bits per heavy atom. The van der Waals surface area contributed by atoms with E-state index < -0.39 is 11.2 Å². The third-order valence-electron chi connectivity index (χ3n) is 4.85. The molecule has 1 fully saturated rings. The Morgan fingerprint density at radius 1 is 1.15 bits per heavy atom. The van der Waals surface area contributed by atoms with Crippen molar-refractivity contribution in [2.75, 3.05) is 42.9 Å². The van der Waals surface area contributed by atoms with E-state index in [1.165, 1.54) is 18.0 Å². The summed E-state index contributed by atoms with van der Waals surface area (Å²) in [5, 5.41) is 2.80. The molecule has 8 heteroatoms. The number of likely N-dealkylation sites (N-methyl/N-ethyl adjacent to an activating group) is 1. The molecule has 0 unspecified atom stereocenters. The summed E-state index contributed by atoms with van der Waals surface area (Å²) in [7, 11) is 0. The third-order valence-corrected chi connectivity index (χ3v) is 4.85. The number of anilines is 2. The minimum atomic E-state index is -0.601. The number of aryl methyl sites for hydroxylation is 1. The molecular weight excluding hydrogens is 346 g/mol. The van der Waals surface area contributed by atoms with Crippen LogP contribution in [0.2, 0.25) is 0 Å². The van der Waals surface area contributed by atoms with Gasteiger partial charge in [0.1, 0.15) is 6.54 Å². The van der Waals surface area contributed by atoms with Crippen LogP contribution in [0, 0.1) is 6.92 Å². The second kappa shape index (κ2) is 8.22. The maximum atomic E-state index is 12.2. The van der Waals surface area contributed by atoms with Crippen molar-refractivity contribution in [3.63, 3.8) is 0 Å². The Bertz CT molecular complexity index is 925. The van der Waals surface area contributed by atoms with Crippen LogP contribution in [0.5, 0.6) is 0 Å². The van der Waals surface area contributed by atoms with Crippen LogP contribution >= 0.6 is 0 Å². The number of benzene rings is 1. The fraction of sp³-hybridized carbons (Fsp3) is 0.421. The molecule has 0 aliphatic carbocycles. The van der Waals surface area contributed by atoms with E-state index in [2.05, 4.69) is 27.0 Å². The normalized spacial score (nSPS) is 15.0. The zero-order valence-corrected chi connectivity index (χ0v) is 15.7. The third kappa shape index (κ3) is 4.65. The maximum absolute atomic E-state index is 12.2. The summed E-state index contributed by atoms with van der Waals surface area (Å²) >= 11 is 0. The molecule has 2 N–H and O–H groups in total. The molecule has 1 saturated heterocycles. The van der Waals surface area contributed by atoms with E-state index in [1.54, 1.807) is 0 Å². The molecule has 3 rings (SSSR count). The topological polar surface area (TPSA) is 90.4 Å². The number of nitrogens with zero attached hydrogens (tertiary/aromatic N) is 3. The number of aromatic nitrogens is 2. The average molecular weight is 371 g/mol. The quantitative estimate of drug-likeness (QED) is 0.804. The highest BCUT2D eigenvalue weighted by molar-refractivity contribution is 5.91. The highest BCUT2D eigenvalue weighted by Crippen LogP contribution is 2.24. The Labute approximate surface area is 157 Å². The Balaban J connectivity index is 1.64. The molecule has 1 aliphatic rings. The molecule has 2 heterocycles. The van der Waals surface area contributed by atoms with Gasteiger partial charge in [0, 0.05) is 49.8 Å². The fourth-order valence-corrected chi connectivity index (χ4v) is 3.32. The van der Waals surface area contributed by atoms with Crippen LogP contribution in [0.4, 0.5) is 11.4 Å². The number of amides is 1. The van der Waals surface area contributed by atoms with Crippen molar-refractivity contribution in [3.05, 3.63) is 56.9 Å². The number of hydrogen-bond acceptors (Lipinski definition) is 5. The van der Waals surface area contributed by atoms with Crippen molar-refractivity contribution in [1.82, 2.24) is 14.5 Å². The van der Waals surface area contributed by atoms with Crippen LogP contribution < -0.4 is 21.5 Å². The van der Waals surface area contributed by atoms with Gasteiger partial charge in [-0.1, -0.05) is 6.92 Å². The molecular formula is C19H25N5O3. The van der Waals surface area contributed by atoms with Gasteiger partial charge in [0.25, 0.3) is 5.56 Å². The van der Waals surface area contributed by atoms with Gasteiger partial charge in [-0.25, -0.2) is 4.79 Å². The lowest BCUT2D eigenvalue weighted by molar-refractivity contribution is -0.116. The van der Waals surface area contributed by atoms with Gasteiger partial charge in [-0.2, -0.15) is 0 Å². The summed E-state index contributed by atoms with van der Waals surface area (Å²) in [6.45, 7) is 9.24. The van der Waals surface area contributed by atoms with Gasteiger partial charge in [-0.05, 0) is 37.2 Å². The predicted molar refractivity (Wildman–Crippen MR) is 105 cm³/mol. The summed E-state index contributed by atoms with van der Waals surface area (Å²) in [6, 6.07) is 7.06. The number of hydrogen-bond donors (Lipinski definition) is 2. The zero-order chi connectivity index (χ0) is 19.4. The van der Waals surface area contributed by atoms with Crippen molar-refractivity contribution >= 4 is 17.3 Å². The van der Waals surface area contributed by atoms with Gasteiger partial charge in [-0.15, -0.1) is 0 Å². The number of carbonyl (C=O) groups excluding carboxylic acids is 1. The lowest BCUT2D eigenvalue weighted by atomic mass is 10.1.